The minimum atomic E-state index is 0. The standard InChI is InChI=1S/C14H26N4OS.HI/c1-5-19-9-7-6-8-16-14(15-4)17-10-13-18-11(2)12(3)20-13;/h5-10H2,1-4H3,(H2,15,16,17);1H. The molecule has 2 N–H and O–H groups in total. The molecule has 7 heteroatoms. The van der Waals surface area contributed by atoms with Crippen molar-refractivity contribution < 1.29 is 4.74 Å². The number of nitrogens with one attached hydrogen (secondary N) is 2. The Hall–Kier alpha value is -0.410. The van der Waals surface area contributed by atoms with Gasteiger partial charge in [0.2, 0.25) is 0 Å². The normalized spacial score (nSPS) is 11.1. The highest BCUT2D eigenvalue weighted by molar-refractivity contribution is 14.0. The SMILES string of the molecule is CCOCCCCNC(=NC)NCc1nc(C)c(C)s1.I. The number of hydrogen-bond donors (Lipinski definition) is 2. The Bertz CT molecular complexity index is 404. The molecule has 1 aromatic rings. The first-order valence-corrected chi connectivity index (χ1v) is 7.94. The van der Waals surface area contributed by atoms with Gasteiger partial charge < -0.3 is 15.4 Å². The van der Waals surface area contributed by atoms with E-state index < -0.39 is 0 Å². The predicted molar refractivity (Wildman–Crippen MR) is 101 cm³/mol. The minimum Gasteiger partial charge on any atom is -0.382 e. The van der Waals surface area contributed by atoms with Crippen molar-refractivity contribution in [2.45, 2.75) is 40.2 Å². The van der Waals surface area contributed by atoms with Gasteiger partial charge in [-0.3, -0.25) is 4.99 Å². The van der Waals surface area contributed by atoms with Crippen LogP contribution >= 0.6 is 35.3 Å². The van der Waals surface area contributed by atoms with Gasteiger partial charge in [0.15, 0.2) is 5.96 Å². The maximum atomic E-state index is 5.31. The number of guanidine groups is 1. The van der Waals surface area contributed by atoms with Crippen LogP contribution in [0.5, 0.6) is 0 Å². The third-order valence-electron chi connectivity index (χ3n) is 2.92. The van der Waals surface area contributed by atoms with E-state index in [9.17, 15) is 0 Å². The third kappa shape index (κ3) is 8.57. The summed E-state index contributed by atoms with van der Waals surface area (Å²) in [5.74, 6) is 0.826. The molecule has 0 unspecified atom stereocenters. The fourth-order valence-electron chi connectivity index (χ4n) is 1.67. The molecular weight excluding hydrogens is 399 g/mol. The maximum Gasteiger partial charge on any atom is 0.191 e. The zero-order valence-electron chi connectivity index (χ0n) is 13.4. The maximum absolute atomic E-state index is 5.31. The van der Waals surface area contributed by atoms with Crippen LogP contribution < -0.4 is 10.6 Å². The number of halogens is 1. The van der Waals surface area contributed by atoms with Crippen LogP contribution in [0.25, 0.3) is 0 Å². The average molecular weight is 426 g/mol. The summed E-state index contributed by atoms with van der Waals surface area (Å²) in [5.41, 5.74) is 1.12. The van der Waals surface area contributed by atoms with E-state index in [2.05, 4.69) is 27.5 Å². The molecule has 1 rings (SSSR count). The Kier molecular flexibility index (Phi) is 11.9. The van der Waals surface area contributed by atoms with E-state index in [0.717, 1.165) is 55.8 Å². The molecule has 0 saturated heterocycles. The van der Waals surface area contributed by atoms with Crippen molar-refractivity contribution in [3.8, 4) is 0 Å². The Morgan fingerprint density at radius 2 is 2.05 bits per heavy atom. The van der Waals surface area contributed by atoms with Gasteiger partial charge in [-0.15, -0.1) is 35.3 Å². The fraction of sp³-hybridized carbons (Fsp3) is 0.714. The van der Waals surface area contributed by atoms with Crippen LogP contribution in [0.3, 0.4) is 0 Å². The summed E-state index contributed by atoms with van der Waals surface area (Å²) in [6, 6.07) is 0. The molecule has 0 aliphatic heterocycles. The minimum absolute atomic E-state index is 0. The Morgan fingerprint density at radius 1 is 1.29 bits per heavy atom. The molecule has 0 bridgehead atoms. The molecule has 5 nitrogen and oxygen atoms in total. The largest absolute Gasteiger partial charge is 0.382 e. The van der Waals surface area contributed by atoms with E-state index in [1.807, 2.05) is 13.8 Å². The molecule has 0 amide bonds. The topological polar surface area (TPSA) is 58.5 Å². The highest BCUT2D eigenvalue weighted by Gasteiger charge is 2.04. The van der Waals surface area contributed by atoms with Crippen LogP contribution in [0.15, 0.2) is 4.99 Å². The number of rotatable bonds is 8. The summed E-state index contributed by atoms with van der Waals surface area (Å²) in [5, 5.41) is 7.68. The molecule has 0 atom stereocenters. The second-order valence-electron chi connectivity index (χ2n) is 4.51. The van der Waals surface area contributed by atoms with Gasteiger partial charge in [-0.1, -0.05) is 0 Å². The lowest BCUT2D eigenvalue weighted by molar-refractivity contribution is 0.143. The lowest BCUT2D eigenvalue weighted by atomic mass is 10.3. The van der Waals surface area contributed by atoms with Crippen molar-refractivity contribution >= 4 is 41.3 Å². The summed E-state index contributed by atoms with van der Waals surface area (Å²) >= 11 is 1.73. The zero-order valence-corrected chi connectivity index (χ0v) is 16.5. The van der Waals surface area contributed by atoms with Crippen LogP contribution in [0, 0.1) is 13.8 Å². The lowest BCUT2D eigenvalue weighted by Crippen LogP contribution is -2.37. The molecule has 0 fully saturated rings. The number of unbranched alkanes of at least 4 members (excludes halogenated alkanes) is 1. The second-order valence-corrected chi connectivity index (χ2v) is 5.79. The fourth-order valence-corrected chi connectivity index (χ4v) is 2.55. The summed E-state index contributed by atoms with van der Waals surface area (Å²) in [6.45, 7) is 9.42. The first-order chi connectivity index (χ1) is 9.67. The highest BCUT2D eigenvalue weighted by atomic mass is 127. The Labute approximate surface area is 149 Å². The van der Waals surface area contributed by atoms with Crippen molar-refractivity contribution in [1.82, 2.24) is 15.6 Å². The summed E-state index contributed by atoms with van der Waals surface area (Å²) < 4.78 is 5.31. The van der Waals surface area contributed by atoms with E-state index in [-0.39, 0.29) is 24.0 Å². The Morgan fingerprint density at radius 3 is 2.62 bits per heavy atom. The number of nitrogens with zero attached hydrogens (tertiary/aromatic N) is 2. The number of ether oxygens (including phenoxy) is 1. The van der Waals surface area contributed by atoms with E-state index in [1.165, 1.54) is 4.88 Å². The summed E-state index contributed by atoms with van der Waals surface area (Å²) in [6.07, 6.45) is 2.15. The predicted octanol–water partition coefficient (Wildman–Crippen LogP) is 2.86. The van der Waals surface area contributed by atoms with Gasteiger partial charge >= 0.3 is 0 Å². The molecule has 122 valence electrons. The van der Waals surface area contributed by atoms with Crippen molar-refractivity contribution in [2.75, 3.05) is 26.8 Å². The first-order valence-electron chi connectivity index (χ1n) is 7.12. The van der Waals surface area contributed by atoms with Crippen molar-refractivity contribution in [1.29, 1.82) is 0 Å². The number of aryl methyl sites for hydroxylation is 2. The van der Waals surface area contributed by atoms with E-state index in [4.69, 9.17) is 4.74 Å². The van der Waals surface area contributed by atoms with E-state index in [0.29, 0.717) is 0 Å². The summed E-state index contributed by atoms with van der Waals surface area (Å²) in [4.78, 5) is 9.99. The quantitative estimate of drug-likeness (QED) is 0.291. The van der Waals surface area contributed by atoms with Crippen molar-refractivity contribution in [3.63, 3.8) is 0 Å². The Balaban J connectivity index is 0.00000400. The molecule has 0 spiro atoms. The number of hydrogen-bond acceptors (Lipinski definition) is 4. The molecule has 0 saturated carbocycles. The smallest absolute Gasteiger partial charge is 0.191 e. The molecule has 0 radical (unpaired) electrons. The van der Waals surface area contributed by atoms with Gasteiger partial charge in [0.1, 0.15) is 5.01 Å². The molecule has 0 aliphatic carbocycles. The molecule has 0 aromatic carbocycles. The molecule has 1 heterocycles. The molecule has 1 aromatic heterocycles. The molecule has 0 aliphatic rings. The average Bonchev–Trinajstić information content (AvgIpc) is 2.76. The van der Waals surface area contributed by atoms with Crippen LogP contribution in [-0.4, -0.2) is 37.7 Å². The van der Waals surface area contributed by atoms with Gasteiger partial charge in [-0.05, 0) is 33.6 Å². The first kappa shape index (κ1) is 20.6. The third-order valence-corrected chi connectivity index (χ3v) is 3.99. The van der Waals surface area contributed by atoms with Gasteiger partial charge in [-0.25, -0.2) is 4.98 Å². The van der Waals surface area contributed by atoms with Gasteiger partial charge in [0, 0.05) is 31.7 Å². The lowest BCUT2D eigenvalue weighted by Gasteiger charge is -2.10. The van der Waals surface area contributed by atoms with Crippen molar-refractivity contribution in [2.24, 2.45) is 4.99 Å². The van der Waals surface area contributed by atoms with Gasteiger partial charge in [0.05, 0.1) is 12.2 Å². The number of thiazole rings is 1. The van der Waals surface area contributed by atoms with Gasteiger partial charge in [-0.2, -0.15) is 0 Å². The second kappa shape index (κ2) is 12.2. The van der Waals surface area contributed by atoms with Crippen LogP contribution in [0.1, 0.15) is 35.3 Å². The highest BCUT2D eigenvalue weighted by Crippen LogP contribution is 2.15. The van der Waals surface area contributed by atoms with E-state index in [1.54, 1.807) is 18.4 Å². The van der Waals surface area contributed by atoms with Crippen LogP contribution in [0.4, 0.5) is 0 Å². The van der Waals surface area contributed by atoms with Crippen LogP contribution in [-0.2, 0) is 11.3 Å². The molecular formula is C14H27IN4OS. The number of aromatic nitrogens is 1. The van der Waals surface area contributed by atoms with Gasteiger partial charge in [0.25, 0.3) is 0 Å². The number of aliphatic imine (C=N–C) groups is 1. The monoisotopic (exact) mass is 426 g/mol. The molecule has 21 heavy (non-hydrogen) atoms. The van der Waals surface area contributed by atoms with E-state index >= 15 is 0 Å². The van der Waals surface area contributed by atoms with Crippen LogP contribution in [0.2, 0.25) is 0 Å². The van der Waals surface area contributed by atoms with Crippen molar-refractivity contribution in [3.05, 3.63) is 15.6 Å². The zero-order chi connectivity index (χ0) is 14.8. The summed E-state index contributed by atoms with van der Waals surface area (Å²) in [7, 11) is 1.79.